The van der Waals surface area contributed by atoms with E-state index in [9.17, 15) is 13.2 Å². The van der Waals surface area contributed by atoms with Gasteiger partial charge < -0.3 is 10.6 Å². The van der Waals surface area contributed by atoms with Crippen LogP contribution in [-0.4, -0.2) is 38.3 Å². The highest BCUT2D eigenvalue weighted by Crippen LogP contribution is 2.40. The summed E-state index contributed by atoms with van der Waals surface area (Å²) in [6.45, 7) is 1.17. The Morgan fingerprint density at radius 1 is 1.03 bits per heavy atom. The van der Waals surface area contributed by atoms with Crippen LogP contribution >= 0.6 is 11.6 Å². The molecule has 1 aliphatic heterocycles. The van der Waals surface area contributed by atoms with E-state index < -0.39 is 10.0 Å². The molecule has 1 amide bonds. The SMILES string of the molecule is O=C(CN[C@@H](c1ccccc1)C1CC1)Nc1cc(S(=O)(=O)N2CCCCCC2)ccc1Cl. The number of amides is 1. The lowest BCUT2D eigenvalue weighted by molar-refractivity contribution is -0.115. The number of nitrogens with zero attached hydrogens (tertiary/aromatic N) is 1. The second-order valence-electron chi connectivity index (χ2n) is 8.61. The smallest absolute Gasteiger partial charge is 0.243 e. The molecule has 2 N–H and O–H groups in total. The zero-order valence-corrected chi connectivity index (χ0v) is 19.7. The molecule has 2 aromatic rings. The van der Waals surface area contributed by atoms with E-state index in [1.807, 2.05) is 18.2 Å². The van der Waals surface area contributed by atoms with Gasteiger partial charge in [-0.2, -0.15) is 4.31 Å². The zero-order valence-electron chi connectivity index (χ0n) is 18.1. The Balaban J connectivity index is 1.43. The fraction of sp³-hybridized carbons (Fsp3) is 0.458. The summed E-state index contributed by atoms with van der Waals surface area (Å²) in [6, 6.07) is 14.8. The molecule has 0 aromatic heterocycles. The summed E-state index contributed by atoms with van der Waals surface area (Å²) >= 11 is 6.28. The molecule has 1 saturated heterocycles. The van der Waals surface area contributed by atoms with Crippen molar-refractivity contribution in [1.82, 2.24) is 9.62 Å². The van der Waals surface area contributed by atoms with Gasteiger partial charge in [-0.3, -0.25) is 4.79 Å². The quantitative estimate of drug-likeness (QED) is 0.585. The monoisotopic (exact) mass is 475 g/mol. The number of hydrogen-bond donors (Lipinski definition) is 2. The number of benzene rings is 2. The van der Waals surface area contributed by atoms with Crippen molar-refractivity contribution in [3.63, 3.8) is 0 Å². The highest BCUT2D eigenvalue weighted by atomic mass is 35.5. The lowest BCUT2D eigenvalue weighted by atomic mass is 10.0. The number of halogens is 1. The molecule has 0 unspecified atom stereocenters. The summed E-state index contributed by atoms with van der Waals surface area (Å²) in [5.41, 5.74) is 1.49. The second-order valence-corrected chi connectivity index (χ2v) is 11.0. The van der Waals surface area contributed by atoms with E-state index in [2.05, 4.69) is 22.8 Å². The van der Waals surface area contributed by atoms with Crippen LogP contribution in [0, 0.1) is 5.92 Å². The Bertz CT molecular complexity index is 1030. The highest BCUT2D eigenvalue weighted by molar-refractivity contribution is 7.89. The first-order valence-electron chi connectivity index (χ1n) is 11.3. The van der Waals surface area contributed by atoms with Gasteiger partial charge >= 0.3 is 0 Å². The number of rotatable bonds is 8. The Kier molecular flexibility index (Phi) is 7.51. The largest absolute Gasteiger partial charge is 0.324 e. The topological polar surface area (TPSA) is 78.5 Å². The third kappa shape index (κ3) is 5.70. The Morgan fingerprint density at radius 2 is 1.72 bits per heavy atom. The molecular formula is C24H30ClN3O3S. The maximum absolute atomic E-state index is 13.1. The van der Waals surface area contributed by atoms with Crippen molar-refractivity contribution in [2.75, 3.05) is 25.0 Å². The van der Waals surface area contributed by atoms with Crippen LogP contribution in [-0.2, 0) is 14.8 Å². The van der Waals surface area contributed by atoms with Crippen LogP contribution in [0.2, 0.25) is 5.02 Å². The minimum absolute atomic E-state index is 0.121. The lowest BCUT2D eigenvalue weighted by Crippen LogP contribution is -2.33. The maximum atomic E-state index is 13.1. The summed E-state index contributed by atoms with van der Waals surface area (Å²) in [5.74, 6) is 0.286. The van der Waals surface area contributed by atoms with Gasteiger partial charge in [0.15, 0.2) is 0 Å². The van der Waals surface area contributed by atoms with E-state index in [0.29, 0.717) is 29.7 Å². The number of anilines is 1. The third-order valence-electron chi connectivity index (χ3n) is 6.15. The molecule has 6 nitrogen and oxygen atoms in total. The lowest BCUT2D eigenvalue weighted by Gasteiger charge is -2.21. The van der Waals surface area contributed by atoms with Crippen LogP contribution in [0.3, 0.4) is 0 Å². The van der Waals surface area contributed by atoms with Gasteiger partial charge in [0.2, 0.25) is 15.9 Å². The van der Waals surface area contributed by atoms with Crippen molar-refractivity contribution in [3.05, 3.63) is 59.1 Å². The maximum Gasteiger partial charge on any atom is 0.243 e. The summed E-state index contributed by atoms with van der Waals surface area (Å²) in [5, 5.41) is 6.46. The van der Waals surface area contributed by atoms with Gasteiger partial charge in [0, 0.05) is 19.1 Å². The fourth-order valence-corrected chi connectivity index (χ4v) is 5.94. The molecule has 1 saturated carbocycles. The Hall–Kier alpha value is -1.93. The molecular weight excluding hydrogens is 446 g/mol. The highest BCUT2D eigenvalue weighted by Gasteiger charge is 2.32. The van der Waals surface area contributed by atoms with Crippen LogP contribution in [0.1, 0.15) is 50.1 Å². The normalized spacial score (nSPS) is 18.7. The summed E-state index contributed by atoms with van der Waals surface area (Å²) in [7, 11) is -3.62. The average Bonchev–Trinajstić information content (AvgIpc) is 3.63. The standard InChI is InChI=1S/C24H30ClN3O3S/c25-21-13-12-20(32(30,31)28-14-6-1-2-7-15-28)16-22(21)27-23(29)17-26-24(19-10-11-19)18-8-4-3-5-9-18/h3-5,8-9,12-13,16,19,24,26H,1-2,6-7,10-11,14-15,17H2,(H,27,29)/t24-/m0/s1. The number of nitrogens with one attached hydrogen (secondary N) is 2. The van der Waals surface area contributed by atoms with Crippen LogP contribution in [0.5, 0.6) is 0 Å². The van der Waals surface area contributed by atoms with Gasteiger partial charge in [-0.1, -0.05) is 54.8 Å². The van der Waals surface area contributed by atoms with Gasteiger partial charge in [0.25, 0.3) is 0 Å². The van der Waals surface area contributed by atoms with Crippen molar-refractivity contribution in [3.8, 4) is 0 Å². The second kappa shape index (κ2) is 10.3. The van der Waals surface area contributed by atoms with E-state index in [1.165, 1.54) is 28.1 Å². The van der Waals surface area contributed by atoms with Crippen LogP contribution in [0.25, 0.3) is 0 Å². The number of sulfonamides is 1. The van der Waals surface area contributed by atoms with Crippen molar-refractivity contribution < 1.29 is 13.2 Å². The molecule has 8 heteroatoms. The predicted octanol–water partition coefficient (Wildman–Crippen LogP) is 4.58. The molecule has 2 fully saturated rings. The number of carbonyl (C=O) groups excluding carboxylic acids is 1. The molecule has 0 bridgehead atoms. The van der Waals surface area contributed by atoms with Gasteiger partial charge in [0.1, 0.15) is 0 Å². The molecule has 172 valence electrons. The van der Waals surface area contributed by atoms with Gasteiger partial charge in [-0.15, -0.1) is 0 Å². The molecule has 0 spiro atoms. The van der Waals surface area contributed by atoms with Gasteiger partial charge in [0.05, 0.1) is 22.2 Å². The first-order valence-corrected chi connectivity index (χ1v) is 13.1. The minimum Gasteiger partial charge on any atom is -0.324 e. The molecule has 32 heavy (non-hydrogen) atoms. The summed E-state index contributed by atoms with van der Waals surface area (Å²) < 4.78 is 27.7. The molecule has 1 heterocycles. The van der Waals surface area contributed by atoms with E-state index in [-0.39, 0.29) is 23.4 Å². The van der Waals surface area contributed by atoms with E-state index in [0.717, 1.165) is 38.5 Å². The first kappa shape index (κ1) is 23.2. The zero-order chi connectivity index (χ0) is 22.6. The van der Waals surface area contributed by atoms with E-state index >= 15 is 0 Å². The molecule has 2 aliphatic rings. The minimum atomic E-state index is -3.62. The predicted molar refractivity (Wildman–Crippen MR) is 127 cm³/mol. The van der Waals surface area contributed by atoms with Crippen molar-refractivity contribution in [2.24, 2.45) is 5.92 Å². The first-order chi connectivity index (χ1) is 15.4. The molecule has 1 atom stereocenters. The van der Waals surface area contributed by atoms with Crippen molar-refractivity contribution in [1.29, 1.82) is 0 Å². The van der Waals surface area contributed by atoms with E-state index in [1.54, 1.807) is 0 Å². The fourth-order valence-electron chi connectivity index (χ4n) is 4.24. The number of carbonyl (C=O) groups is 1. The third-order valence-corrected chi connectivity index (χ3v) is 8.37. The summed E-state index contributed by atoms with van der Waals surface area (Å²) in [6.07, 6.45) is 6.13. The number of hydrogen-bond acceptors (Lipinski definition) is 4. The Labute approximate surface area is 195 Å². The Morgan fingerprint density at radius 3 is 2.38 bits per heavy atom. The molecule has 2 aromatic carbocycles. The van der Waals surface area contributed by atoms with Gasteiger partial charge in [-0.25, -0.2) is 8.42 Å². The van der Waals surface area contributed by atoms with Crippen LogP contribution < -0.4 is 10.6 Å². The van der Waals surface area contributed by atoms with E-state index in [4.69, 9.17) is 11.6 Å². The van der Waals surface area contributed by atoms with Crippen molar-refractivity contribution >= 4 is 33.2 Å². The molecule has 4 rings (SSSR count). The van der Waals surface area contributed by atoms with Crippen LogP contribution in [0.15, 0.2) is 53.4 Å². The molecule has 0 radical (unpaired) electrons. The van der Waals surface area contributed by atoms with Crippen molar-refractivity contribution in [2.45, 2.75) is 49.5 Å². The summed E-state index contributed by atoms with van der Waals surface area (Å²) in [4.78, 5) is 12.8. The van der Waals surface area contributed by atoms with Gasteiger partial charge in [-0.05, 0) is 55.4 Å². The van der Waals surface area contributed by atoms with Crippen LogP contribution in [0.4, 0.5) is 5.69 Å². The average molecular weight is 476 g/mol. The molecule has 1 aliphatic carbocycles.